The lowest BCUT2D eigenvalue weighted by Gasteiger charge is -2.21. The highest BCUT2D eigenvalue weighted by Gasteiger charge is 2.28. The van der Waals surface area contributed by atoms with Crippen molar-refractivity contribution in [2.24, 2.45) is 5.92 Å². The first-order valence-corrected chi connectivity index (χ1v) is 6.78. The Morgan fingerprint density at radius 3 is 2.89 bits per heavy atom. The van der Waals surface area contributed by atoms with Crippen molar-refractivity contribution in [2.75, 3.05) is 43.9 Å². The minimum absolute atomic E-state index is 0.114. The first kappa shape index (κ1) is 13.8. The van der Waals surface area contributed by atoms with Crippen LogP contribution in [0.2, 0.25) is 0 Å². The summed E-state index contributed by atoms with van der Waals surface area (Å²) in [5.74, 6) is 1.14. The van der Waals surface area contributed by atoms with Gasteiger partial charge in [-0.1, -0.05) is 0 Å². The van der Waals surface area contributed by atoms with Gasteiger partial charge in [0.05, 0.1) is 17.8 Å². The second kappa shape index (κ2) is 6.02. The second-order valence-electron chi connectivity index (χ2n) is 5.08. The largest absolute Gasteiger partial charge is 0.370 e. The number of nitrogens with zero attached hydrogens (tertiary/aromatic N) is 3. The van der Waals surface area contributed by atoms with E-state index in [4.69, 9.17) is 0 Å². The zero-order valence-electron chi connectivity index (χ0n) is 11.9. The van der Waals surface area contributed by atoms with Gasteiger partial charge in [-0.15, -0.1) is 0 Å². The van der Waals surface area contributed by atoms with Gasteiger partial charge >= 0.3 is 0 Å². The smallest absolute Gasteiger partial charge is 0.231 e. The number of likely N-dealkylation sites (tertiary alicyclic amines) is 1. The number of carbonyl (C=O) groups is 1. The highest BCUT2D eigenvalue weighted by molar-refractivity contribution is 5.94. The van der Waals surface area contributed by atoms with Crippen LogP contribution in [0.5, 0.6) is 0 Å². The number of anilines is 2. The van der Waals surface area contributed by atoms with Crippen LogP contribution in [0.25, 0.3) is 0 Å². The molecule has 0 spiro atoms. The highest BCUT2D eigenvalue weighted by atomic mass is 16.2. The lowest BCUT2D eigenvalue weighted by Crippen LogP contribution is -2.34. The quantitative estimate of drug-likeness (QED) is 0.891. The molecule has 0 saturated carbocycles. The van der Waals surface area contributed by atoms with Crippen LogP contribution in [0.4, 0.5) is 11.5 Å². The molecule has 0 radical (unpaired) electrons. The maximum atomic E-state index is 12.4. The fourth-order valence-corrected chi connectivity index (χ4v) is 2.41. The van der Waals surface area contributed by atoms with Gasteiger partial charge in [0.1, 0.15) is 5.82 Å². The number of amides is 1. The third-order valence-electron chi connectivity index (χ3n) is 3.56. The van der Waals surface area contributed by atoms with Gasteiger partial charge in [-0.05, 0) is 39.1 Å². The zero-order valence-corrected chi connectivity index (χ0v) is 11.9. The molecule has 1 N–H and O–H groups in total. The normalized spacial score (nSPS) is 19.4. The molecule has 1 unspecified atom stereocenters. The van der Waals surface area contributed by atoms with Crippen LogP contribution in [0.3, 0.4) is 0 Å². The van der Waals surface area contributed by atoms with Gasteiger partial charge in [0, 0.05) is 20.1 Å². The Morgan fingerprint density at radius 1 is 1.58 bits per heavy atom. The SMILES string of the molecule is CCNc1ccc(N(C)C(=O)C2CCN(C)C2)cn1. The number of aromatic nitrogens is 1. The predicted molar refractivity (Wildman–Crippen MR) is 77.4 cm³/mol. The third kappa shape index (κ3) is 3.23. The summed E-state index contributed by atoms with van der Waals surface area (Å²) in [6.45, 7) is 4.73. The summed E-state index contributed by atoms with van der Waals surface area (Å²) in [7, 11) is 3.88. The van der Waals surface area contributed by atoms with Crippen LogP contribution in [0.1, 0.15) is 13.3 Å². The molecular formula is C14H22N4O. The molecule has 5 nitrogen and oxygen atoms in total. The predicted octanol–water partition coefficient (Wildman–Crippen LogP) is 1.43. The summed E-state index contributed by atoms with van der Waals surface area (Å²) in [5, 5.41) is 3.14. The molecule has 0 bridgehead atoms. The number of pyridine rings is 1. The van der Waals surface area contributed by atoms with Gasteiger partial charge in [-0.25, -0.2) is 4.98 Å². The van der Waals surface area contributed by atoms with Crippen molar-refractivity contribution in [3.63, 3.8) is 0 Å². The Labute approximate surface area is 114 Å². The van der Waals surface area contributed by atoms with Crippen LogP contribution in [-0.4, -0.2) is 49.5 Å². The van der Waals surface area contributed by atoms with E-state index in [0.29, 0.717) is 0 Å². The Kier molecular flexibility index (Phi) is 4.37. The minimum atomic E-state index is 0.114. The molecule has 1 amide bonds. The van der Waals surface area contributed by atoms with Crippen molar-refractivity contribution in [1.82, 2.24) is 9.88 Å². The summed E-state index contributed by atoms with van der Waals surface area (Å²) in [6, 6.07) is 3.84. The maximum absolute atomic E-state index is 12.4. The number of hydrogen-bond donors (Lipinski definition) is 1. The lowest BCUT2D eigenvalue weighted by molar-refractivity contribution is -0.121. The number of hydrogen-bond acceptors (Lipinski definition) is 4. The highest BCUT2D eigenvalue weighted by Crippen LogP contribution is 2.21. The average molecular weight is 262 g/mol. The average Bonchev–Trinajstić information content (AvgIpc) is 2.85. The van der Waals surface area contributed by atoms with Crippen molar-refractivity contribution in [3.05, 3.63) is 18.3 Å². The van der Waals surface area contributed by atoms with Gasteiger partial charge in [-0.3, -0.25) is 4.79 Å². The topological polar surface area (TPSA) is 48.5 Å². The molecular weight excluding hydrogens is 240 g/mol. The van der Waals surface area contributed by atoms with Gasteiger partial charge in [-0.2, -0.15) is 0 Å². The van der Waals surface area contributed by atoms with Crippen LogP contribution in [0.15, 0.2) is 18.3 Å². The van der Waals surface area contributed by atoms with E-state index in [9.17, 15) is 4.79 Å². The van der Waals surface area contributed by atoms with E-state index in [1.807, 2.05) is 26.1 Å². The van der Waals surface area contributed by atoms with E-state index in [-0.39, 0.29) is 11.8 Å². The molecule has 19 heavy (non-hydrogen) atoms. The van der Waals surface area contributed by atoms with Gasteiger partial charge in [0.2, 0.25) is 5.91 Å². The van der Waals surface area contributed by atoms with Crippen LogP contribution in [-0.2, 0) is 4.79 Å². The summed E-state index contributed by atoms with van der Waals surface area (Å²) in [5.41, 5.74) is 0.848. The molecule has 1 fully saturated rings. The molecule has 1 aromatic heterocycles. The van der Waals surface area contributed by atoms with Gasteiger partial charge < -0.3 is 15.1 Å². The molecule has 1 aliphatic rings. The van der Waals surface area contributed by atoms with E-state index in [0.717, 1.165) is 37.6 Å². The first-order valence-electron chi connectivity index (χ1n) is 6.78. The molecule has 0 aliphatic carbocycles. The van der Waals surface area contributed by atoms with E-state index >= 15 is 0 Å². The maximum Gasteiger partial charge on any atom is 0.231 e. The van der Waals surface area contributed by atoms with E-state index in [1.54, 1.807) is 11.1 Å². The van der Waals surface area contributed by atoms with E-state index in [1.165, 1.54) is 0 Å². The molecule has 1 aliphatic heterocycles. The fraction of sp³-hybridized carbons (Fsp3) is 0.571. The van der Waals surface area contributed by atoms with Crippen molar-refractivity contribution in [1.29, 1.82) is 0 Å². The third-order valence-corrected chi connectivity index (χ3v) is 3.56. The molecule has 2 rings (SSSR count). The Balaban J connectivity index is 2.02. The molecule has 0 aromatic carbocycles. The molecule has 1 saturated heterocycles. The summed E-state index contributed by atoms with van der Waals surface area (Å²) in [6.07, 6.45) is 2.69. The Bertz CT molecular complexity index is 432. The molecule has 1 aromatic rings. The Hall–Kier alpha value is -1.62. The zero-order chi connectivity index (χ0) is 13.8. The van der Waals surface area contributed by atoms with E-state index < -0.39 is 0 Å². The summed E-state index contributed by atoms with van der Waals surface area (Å²) < 4.78 is 0. The van der Waals surface area contributed by atoms with Crippen LogP contribution < -0.4 is 10.2 Å². The van der Waals surface area contributed by atoms with Crippen molar-refractivity contribution >= 4 is 17.4 Å². The second-order valence-corrected chi connectivity index (χ2v) is 5.08. The van der Waals surface area contributed by atoms with Crippen molar-refractivity contribution < 1.29 is 4.79 Å². The Morgan fingerprint density at radius 2 is 2.37 bits per heavy atom. The lowest BCUT2D eigenvalue weighted by atomic mass is 10.1. The van der Waals surface area contributed by atoms with Crippen molar-refractivity contribution in [2.45, 2.75) is 13.3 Å². The van der Waals surface area contributed by atoms with Crippen LogP contribution >= 0.6 is 0 Å². The van der Waals surface area contributed by atoms with E-state index in [2.05, 4.69) is 22.2 Å². The summed E-state index contributed by atoms with van der Waals surface area (Å²) >= 11 is 0. The van der Waals surface area contributed by atoms with Crippen LogP contribution in [0, 0.1) is 5.92 Å². The fourth-order valence-electron chi connectivity index (χ4n) is 2.41. The first-order chi connectivity index (χ1) is 9.11. The standard InChI is InChI=1S/C14H22N4O/c1-4-15-13-6-5-12(9-16-13)18(3)14(19)11-7-8-17(2)10-11/h5-6,9,11H,4,7-8,10H2,1-3H3,(H,15,16). The van der Waals surface area contributed by atoms with Gasteiger partial charge in [0.15, 0.2) is 0 Å². The monoisotopic (exact) mass is 262 g/mol. The number of nitrogens with one attached hydrogen (secondary N) is 1. The van der Waals surface area contributed by atoms with Gasteiger partial charge in [0.25, 0.3) is 0 Å². The molecule has 2 heterocycles. The molecule has 104 valence electrons. The number of rotatable bonds is 4. The number of carbonyl (C=O) groups excluding carboxylic acids is 1. The molecule has 1 atom stereocenters. The summed E-state index contributed by atoms with van der Waals surface area (Å²) in [4.78, 5) is 20.6. The van der Waals surface area contributed by atoms with Crippen molar-refractivity contribution in [3.8, 4) is 0 Å². The minimum Gasteiger partial charge on any atom is -0.370 e. The molecule has 5 heteroatoms.